The van der Waals surface area contributed by atoms with Gasteiger partial charge < -0.3 is 10.1 Å². The molecule has 3 rings (SSSR count). The van der Waals surface area contributed by atoms with E-state index < -0.39 is 10.0 Å². The second kappa shape index (κ2) is 5.71. The molecule has 1 saturated heterocycles. The molecule has 2 unspecified atom stereocenters. The van der Waals surface area contributed by atoms with Crippen LogP contribution in [0.3, 0.4) is 0 Å². The molecule has 0 aromatic heterocycles. The van der Waals surface area contributed by atoms with Gasteiger partial charge in [-0.25, -0.2) is 13.1 Å². The lowest BCUT2D eigenvalue weighted by Crippen LogP contribution is -2.43. The van der Waals surface area contributed by atoms with Crippen LogP contribution in [0.15, 0.2) is 24.3 Å². The third-order valence-corrected chi connectivity index (χ3v) is 5.34. The van der Waals surface area contributed by atoms with Gasteiger partial charge in [0.1, 0.15) is 12.4 Å². The maximum Gasteiger partial charge on any atom is 0.213 e. The van der Waals surface area contributed by atoms with Crippen LogP contribution < -0.4 is 14.8 Å². The average molecular weight is 296 g/mol. The van der Waals surface area contributed by atoms with Gasteiger partial charge in [-0.15, -0.1) is 0 Å². The molecule has 2 N–H and O–H groups in total. The number of sulfonamides is 1. The summed E-state index contributed by atoms with van der Waals surface area (Å²) in [5.74, 6) is 0.919. The smallest absolute Gasteiger partial charge is 0.213 e. The maximum absolute atomic E-state index is 12.3. The zero-order chi connectivity index (χ0) is 14.0. The van der Waals surface area contributed by atoms with Gasteiger partial charge in [-0.1, -0.05) is 24.6 Å². The Balaban J connectivity index is 1.65. The van der Waals surface area contributed by atoms with Crippen molar-refractivity contribution >= 4 is 10.0 Å². The van der Waals surface area contributed by atoms with E-state index in [4.69, 9.17) is 4.74 Å². The number of ether oxygens (including phenoxy) is 1. The molecule has 2 aliphatic rings. The Morgan fingerprint density at radius 2 is 2.15 bits per heavy atom. The number of para-hydroxylation sites is 1. The maximum atomic E-state index is 12.3. The third kappa shape index (κ3) is 3.13. The van der Waals surface area contributed by atoms with Crippen LogP contribution in [0.1, 0.15) is 30.9 Å². The molecule has 2 atom stereocenters. The van der Waals surface area contributed by atoms with Crippen molar-refractivity contribution in [1.82, 2.24) is 10.0 Å². The summed E-state index contributed by atoms with van der Waals surface area (Å²) in [4.78, 5) is 0. The van der Waals surface area contributed by atoms with Gasteiger partial charge in [-0.2, -0.15) is 0 Å². The largest absolute Gasteiger partial charge is 0.491 e. The first kappa shape index (κ1) is 13.9. The number of piperidine rings is 1. The Bertz CT molecular complexity index is 568. The van der Waals surface area contributed by atoms with E-state index in [0.717, 1.165) is 37.1 Å². The number of hydrogen-bond acceptors (Lipinski definition) is 4. The Labute approximate surface area is 119 Å². The number of nitrogens with one attached hydrogen (secondary N) is 2. The predicted octanol–water partition coefficient (Wildman–Crippen LogP) is 1.18. The van der Waals surface area contributed by atoms with Crippen LogP contribution in [0.2, 0.25) is 0 Å². The first-order chi connectivity index (χ1) is 9.64. The molecule has 5 nitrogen and oxygen atoms in total. The van der Waals surface area contributed by atoms with E-state index in [1.165, 1.54) is 0 Å². The molecular weight excluding hydrogens is 276 g/mol. The van der Waals surface area contributed by atoms with Gasteiger partial charge in [0.15, 0.2) is 0 Å². The van der Waals surface area contributed by atoms with Gasteiger partial charge in [0.25, 0.3) is 0 Å². The normalized spacial score (nSPS) is 26.0. The molecule has 0 radical (unpaired) electrons. The van der Waals surface area contributed by atoms with Crippen LogP contribution in [0.25, 0.3) is 0 Å². The highest BCUT2D eigenvalue weighted by Crippen LogP contribution is 2.32. The van der Waals surface area contributed by atoms with E-state index in [-0.39, 0.29) is 17.8 Å². The summed E-state index contributed by atoms with van der Waals surface area (Å²) in [6, 6.07) is 7.37. The molecule has 0 aliphatic carbocycles. The summed E-state index contributed by atoms with van der Waals surface area (Å²) in [5, 5.41) is 3.27. The Morgan fingerprint density at radius 1 is 1.30 bits per heavy atom. The van der Waals surface area contributed by atoms with Crippen LogP contribution in [-0.2, 0) is 10.0 Å². The van der Waals surface area contributed by atoms with Gasteiger partial charge >= 0.3 is 0 Å². The fourth-order valence-electron chi connectivity index (χ4n) is 2.86. The van der Waals surface area contributed by atoms with Gasteiger partial charge in [0.2, 0.25) is 10.0 Å². The Hall–Kier alpha value is -1.11. The molecule has 0 amide bonds. The van der Waals surface area contributed by atoms with Crippen molar-refractivity contribution < 1.29 is 13.2 Å². The molecule has 20 heavy (non-hydrogen) atoms. The molecule has 2 aliphatic heterocycles. The van der Waals surface area contributed by atoms with Gasteiger partial charge in [-0.05, 0) is 25.5 Å². The lowest BCUT2D eigenvalue weighted by atomic mass is 10.1. The van der Waals surface area contributed by atoms with Crippen molar-refractivity contribution in [2.75, 3.05) is 18.9 Å². The summed E-state index contributed by atoms with van der Waals surface area (Å²) < 4.78 is 32.8. The van der Waals surface area contributed by atoms with Crippen LogP contribution in [0.4, 0.5) is 0 Å². The Kier molecular flexibility index (Phi) is 3.96. The number of fused-ring (bicyclic) bond motifs is 1. The number of rotatable bonds is 4. The Morgan fingerprint density at radius 3 is 2.95 bits per heavy atom. The summed E-state index contributed by atoms with van der Waals surface area (Å²) in [6.45, 7) is 1.28. The van der Waals surface area contributed by atoms with E-state index in [9.17, 15) is 8.42 Å². The first-order valence-electron chi connectivity index (χ1n) is 7.09. The molecule has 110 valence electrons. The van der Waals surface area contributed by atoms with Crippen molar-refractivity contribution in [3.05, 3.63) is 29.8 Å². The standard InChI is InChI=1S/C14H20N2O3S/c17-20(18,10-11-5-3-4-8-15-11)16-13-9-19-14-7-2-1-6-12(13)14/h1-2,6-7,11,13,15-16H,3-5,8-10H2. The second-order valence-corrected chi connectivity index (χ2v) is 7.25. The van der Waals surface area contributed by atoms with Crippen LogP contribution >= 0.6 is 0 Å². The average Bonchev–Trinajstić information content (AvgIpc) is 2.82. The highest BCUT2D eigenvalue weighted by molar-refractivity contribution is 7.89. The highest BCUT2D eigenvalue weighted by Gasteiger charge is 2.29. The third-order valence-electron chi connectivity index (χ3n) is 3.85. The van der Waals surface area contributed by atoms with E-state index in [1.54, 1.807) is 0 Å². The van der Waals surface area contributed by atoms with Crippen molar-refractivity contribution in [2.45, 2.75) is 31.3 Å². The minimum absolute atomic E-state index is 0.0683. The first-order valence-corrected chi connectivity index (χ1v) is 8.74. The van der Waals surface area contributed by atoms with E-state index in [1.807, 2.05) is 24.3 Å². The van der Waals surface area contributed by atoms with Crippen molar-refractivity contribution in [2.24, 2.45) is 0 Å². The molecule has 0 saturated carbocycles. The summed E-state index contributed by atoms with van der Waals surface area (Å²) in [5.41, 5.74) is 0.924. The molecule has 1 aromatic carbocycles. The monoisotopic (exact) mass is 296 g/mol. The van der Waals surface area contributed by atoms with E-state index in [0.29, 0.717) is 6.61 Å². The van der Waals surface area contributed by atoms with Crippen LogP contribution in [0.5, 0.6) is 5.75 Å². The highest BCUT2D eigenvalue weighted by atomic mass is 32.2. The molecule has 1 fully saturated rings. The van der Waals surface area contributed by atoms with Crippen LogP contribution in [-0.4, -0.2) is 33.4 Å². The fourth-order valence-corrected chi connectivity index (χ4v) is 4.40. The zero-order valence-electron chi connectivity index (χ0n) is 11.3. The van der Waals surface area contributed by atoms with Gasteiger partial charge in [0, 0.05) is 11.6 Å². The van der Waals surface area contributed by atoms with E-state index >= 15 is 0 Å². The molecule has 0 spiro atoms. The fraction of sp³-hybridized carbons (Fsp3) is 0.571. The van der Waals surface area contributed by atoms with Crippen LogP contribution in [0, 0.1) is 0 Å². The molecule has 6 heteroatoms. The lowest BCUT2D eigenvalue weighted by molar-refractivity contribution is 0.324. The minimum atomic E-state index is -3.30. The number of benzene rings is 1. The summed E-state index contributed by atoms with van der Waals surface area (Å²) in [6.07, 6.45) is 3.16. The van der Waals surface area contributed by atoms with E-state index in [2.05, 4.69) is 10.0 Å². The molecule has 2 heterocycles. The second-order valence-electron chi connectivity index (χ2n) is 5.45. The molecule has 0 bridgehead atoms. The quantitative estimate of drug-likeness (QED) is 0.875. The molecule has 1 aromatic rings. The van der Waals surface area contributed by atoms with Gasteiger partial charge in [0.05, 0.1) is 11.8 Å². The zero-order valence-corrected chi connectivity index (χ0v) is 12.2. The molecular formula is C14H20N2O3S. The van der Waals surface area contributed by atoms with Crippen molar-refractivity contribution in [3.8, 4) is 5.75 Å². The summed E-state index contributed by atoms with van der Waals surface area (Å²) >= 11 is 0. The predicted molar refractivity (Wildman–Crippen MR) is 77.2 cm³/mol. The minimum Gasteiger partial charge on any atom is -0.491 e. The number of hydrogen-bond donors (Lipinski definition) is 2. The lowest BCUT2D eigenvalue weighted by Gasteiger charge is -2.24. The topological polar surface area (TPSA) is 67.4 Å². The van der Waals surface area contributed by atoms with Crippen molar-refractivity contribution in [1.29, 1.82) is 0 Å². The van der Waals surface area contributed by atoms with Gasteiger partial charge in [-0.3, -0.25) is 0 Å². The van der Waals surface area contributed by atoms with Crippen molar-refractivity contribution in [3.63, 3.8) is 0 Å². The SMILES string of the molecule is O=S(=O)(CC1CCCCN1)NC1COc2ccccc21. The summed E-state index contributed by atoms with van der Waals surface area (Å²) in [7, 11) is -3.30.